The number of aromatic nitrogens is 3. The molecule has 0 bridgehead atoms. The van der Waals surface area contributed by atoms with Crippen LogP contribution < -0.4 is 5.69 Å². The van der Waals surface area contributed by atoms with Crippen LogP contribution in [0.15, 0.2) is 16.9 Å². The average molecular weight is 303 g/mol. The molecule has 0 saturated heterocycles. The van der Waals surface area contributed by atoms with E-state index in [9.17, 15) is 4.79 Å². The molecule has 120 valence electrons. The average Bonchev–Trinajstić information content (AvgIpc) is 3.17. The van der Waals surface area contributed by atoms with E-state index in [0.29, 0.717) is 18.4 Å². The second-order valence-electron chi connectivity index (χ2n) is 7.68. The molecule has 0 aliphatic heterocycles. The third-order valence-electron chi connectivity index (χ3n) is 4.44. The molecule has 0 amide bonds. The highest BCUT2D eigenvalue weighted by molar-refractivity contribution is 5.72. The summed E-state index contributed by atoms with van der Waals surface area (Å²) in [6.07, 6.45) is 1.93. The lowest BCUT2D eigenvalue weighted by Crippen LogP contribution is -2.27. The largest absolute Gasteiger partial charge is 0.396 e. The van der Waals surface area contributed by atoms with Crippen LogP contribution in [0.2, 0.25) is 0 Å². The zero-order chi connectivity index (χ0) is 16.1. The number of nitrogens with zero attached hydrogens (tertiary/aromatic N) is 3. The van der Waals surface area contributed by atoms with E-state index >= 15 is 0 Å². The smallest absolute Gasteiger partial charge is 0.330 e. The fraction of sp³-hybridized carbons (Fsp3) is 0.647. The van der Waals surface area contributed by atoms with Crippen LogP contribution in [0.3, 0.4) is 0 Å². The second kappa shape index (κ2) is 5.23. The Labute approximate surface area is 130 Å². The van der Waals surface area contributed by atoms with Crippen LogP contribution in [-0.4, -0.2) is 25.8 Å². The highest BCUT2D eigenvalue weighted by Crippen LogP contribution is 2.48. The van der Waals surface area contributed by atoms with Crippen molar-refractivity contribution in [3.8, 4) is 0 Å². The predicted molar refractivity (Wildman–Crippen MR) is 87.0 cm³/mol. The summed E-state index contributed by atoms with van der Waals surface area (Å²) in [7, 11) is 1.79. The second-order valence-corrected chi connectivity index (χ2v) is 7.68. The topological polar surface area (TPSA) is 60.0 Å². The van der Waals surface area contributed by atoms with Crippen molar-refractivity contribution in [2.45, 2.75) is 46.1 Å². The summed E-state index contributed by atoms with van der Waals surface area (Å²) in [5, 5.41) is 9.04. The summed E-state index contributed by atoms with van der Waals surface area (Å²) in [6, 6.07) is 4.07. The first-order chi connectivity index (χ1) is 10.3. The minimum absolute atomic E-state index is 0.00252. The van der Waals surface area contributed by atoms with Gasteiger partial charge in [-0.05, 0) is 36.3 Å². The van der Waals surface area contributed by atoms with Gasteiger partial charge in [0.25, 0.3) is 0 Å². The molecular formula is C17H25N3O2. The molecule has 1 N–H and O–H groups in total. The molecule has 1 aliphatic carbocycles. The van der Waals surface area contributed by atoms with Crippen molar-refractivity contribution in [3.05, 3.63) is 28.3 Å². The first-order valence-electron chi connectivity index (χ1n) is 7.99. The number of imidazole rings is 1. The lowest BCUT2D eigenvalue weighted by molar-refractivity contribution is 0.279. The molecule has 1 aliphatic rings. The van der Waals surface area contributed by atoms with Gasteiger partial charge in [-0.3, -0.25) is 9.13 Å². The number of hydrogen-bond acceptors (Lipinski definition) is 3. The summed E-state index contributed by atoms with van der Waals surface area (Å²) < 4.78 is 3.47. The fourth-order valence-corrected chi connectivity index (χ4v) is 3.22. The fourth-order valence-electron chi connectivity index (χ4n) is 3.22. The third-order valence-corrected chi connectivity index (χ3v) is 4.44. The quantitative estimate of drug-likeness (QED) is 0.942. The monoisotopic (exact) mass is 303 g/mol. The maximum atomic E-state index is 12.5. The molecule has 1 unspecified atom stereocenters. The summed E-state index contributed by atoms with van der Waals surface area (Å²) in [4.78, 5) is 17.2. The van der Waals surface area contributed by atoms with Crippen LogP contribution in [0.1, 0.15) is 45.2 Å². The van der Waals surface area contributed by atoms with Crippen LogP contribution in [0.5, 0.6) is 0 Å². The zero-order valence-electron chi connectivity index (χ0n) is 13.8. The molecule has 22 heavy (non-hydrogen) atoms. The lowest BCUT2D eigenvalue weighted by Gasteiger charge is -2.18. The third kappa shape index (κ3) is 2.70. The Morgan fingerprint density at radius 3 is 2.73 bits per heavy atom. The molecule has 2 heterocycles. The summed E-state index contributed by atoms with van der Waals surface area (Å²) in [5.74, 6) is 0.987. The van der Waals surface area contributed by atoms with Crippen molar-refractivity contribution in [3.63, 3.8) is 0 Å². The maximum Gasteiger partial charge on any atom is 0.330 e. The number of fused-ring (bicyclic) bond motifs is 1. The van der Waals surface area contributed by atoms with Gasteiger partial charge in [0, 0.05) is 31.8 Å². The zero-order valence-corrected chi connectivity index (χ0v) is 13.8. The van der Waals surface area contributed by atoms with E-state index in [-0.39, 0.29) is 17.7 Å². The van der Waals surface area contributed by atoms with Crippen LogP contribution in [0, 0.1) is 11.3 Å². The van der Waals surface area contributed by atoms with Crippen molar-refractivity contribution in [1.29, 1.82) is 0 Å². The molecule has 0 aromatic carbocycles. The SMILES string of the molecule is Cn1c(=O)n(CC(C)(C)C)c2ccc(C3C[C@H]3CCO)nc21. The number of aryl methyl sites for hydroxylation is 1. The molecule has 1 fully saturated rings. The minimum atomic E-state index is -0.00252. The number of pyridine rings is 1. The molecule has 0 radical (unpaired) electrons. The van der Waals surface area contributed by atoms with Gasteiger partial charge < -0.3 is 5.11 Å². The van der Waals surface area contributed by atoms with Crippen LogP contribution in [0.4, 0.5) is 0 Å². The molecular weight excluding hydrogens is 278 g/mol. The summed E-state index contributed by atoms with van der Waals surface area (Å²) in [6.45, 7) is 7.31. The van der Waals surface area contributed by atoms with Crippen molar-refractivity contribution in [2.24, 2.45) is 18.4 Å². The van der Waals surface area contributed by atoms with Crippen LogP contribution >= 0.6 is 0 Å². The van der Waals surface area contributed by atoms with Crippen molar-refractivity contribution >= 4 is 11.2 Å². The Morgan fingerprint density at radius 1 is 1.36 bits per heavy atom. The maximum absolute atomic E-state index is 12.5. The van der Waals surface area contributed by atoms with Gasteiger partial charge in [0.05, 0.1) is 5.52 Å². The Morgan fingerprint density at radius 2 is 2.09 bits per heavy atom. The van der Waals surface area contributed by atoms with Gasteiger partial charge in [-0.25, -0.2) is 9.78 Å². The molecule has 2 atom stereocenters. The van der Waals surface area contributed by atoms with E-state index in [2.05, 4.69) is 20.8 Å². The Bertz CT molecular complexity index is 752. The van der Waals surface area contributed by atoms with Gasteiger partial charge in [-0.15, -0.1) is 0 Å². The highest BCUT2D eigenvalue weighted by atomic mass is 16.3. The van der Waals surface area contributed by atoms with Gasteiger partial charge in [0.15, 0.2) is 5.65 Å². The number of aliphatic hydroxyl groups excluding tert-OH is 1. The number of rotatable bonds is 4. The van der Waals surface area contributed by atoms with Gasteiger partial charge >= 0.3 is 5.69 Å². The predicted octanol–water partition coefficient (Wildman–Crippen LogP) is 2.27. The van der Waals surface area contributed by atoms with Crippen molar-refractivity contribution < 1.29 is 5.11 Å². The van der Waals surface area contributed by atoms with E-state index in [1.807, 2.05) is 16.7 Å². The van der Waals surface area contributed by atoms with Crippen molar-refractivity contribution in [2.75, 3.05) is 6.61 Å². The van der Waals surface area contributed by atoms with Gasteiger partial charge in [-0.1, -0.05) is 20.8 Å². The summed E-state index contributed by atoms with van der Waals surface area (Å²) in [5.41, 5.74) is 2.76. The molecule has 2 aromatic heterocycles. The molecule has 3 rings (SSSR count). The minimum Gasteiger partial charge on any atom is -0.396 e. The number of hydrogen-bond donors (Lipinski definition) is 1. The van der Waals surface area contributed by atoms with Crippen molar-refractivity contribution in [1.82, 2.24) is 14.1 Å². The number of aliphatic hydroxyl groups is 1. The van der Waals surface area contributed by atoms with Gasteiger partial charge in [0.2, 0.25) is 0 Å². The van der Waals surface area contributed by atoms with E-state index < -0.39 is 0 Å². The molecule has 1 saturated carbocycles. The Hall–Kier alpha value is -1.62. The molecule has 5 heteroatoms. The van der Waals surface area contributed by atoms with E-state index in [4.69, 9.17) is 10.1 Å². The molecule has 2 aromatic rings. The van der Waals surface area contributed by atoms with E-state index in [1.165, 1.54) is 0 Å². The standard InChI is InChI=1S/C17H25N3O2/c1-17(2,3)10-20-14-6-5-13(12-9-11(12)7-8-21)18-15(14)19(4)16(20)22/h5-6,11-12,21H,7-10H2,1-4H3/t11-,12?/m1/s1. The Balaban J connectivity index is 2.00. The first-order valence-corrected chi connectivity index (χ1v) is 7.99. The normalized spacial score (nSPS) is 21.5. The van der Waals surface area contributed by atoms with Crippen LogP contribution in [-0.2, 0) is 13.6 Å². The van der Waals surface area contributed by atoms with Gasteiger partial charge in [0.1, 0.15) is 0 Å². The summed E-state index contributed by atoms with van der Waals surface area (Å²) >= 11 is 0. The van der Waals surface area contributed by atoms with E-state index in [0.717, 1.165) is 29.7 Å². The van der Waals surface area contributed by atoms with E-state index in [1.54, 1.807) is 11.6 Å². The molecule has 0 spiro atoms. The Kier molecular flexibility index (Phi) is 3.63. The first kappa shape index (κ1) is 15.3. The molecule has 5 nitrogen and oxygen atoms in total. The lowest BCUT2D eigenvalue weighted by atomic mass is 9.97. The highest BCUT2D eigenvalue weighted by Gasteiger charge is 2.38. The van der Waals surface area contributed by atoms with Crippen LogP contribution in [0.25, 0.3) is 11.2 Å². The van der Waals surface area contributed by atoms with Gasteiger partial charge in [-0.2, -0.15) is 0 Å².